The van der Waals surface area contributed by atoms with E-state index in [4.69, 9.17) is 9.84 Å². The largest absolute Gasteiger partial charge is 0.480 e. The van der Waals surface area contributed by atoms with Crippen LogP contribution >= 0.6 is 0 Å². The molecule has 0 radical (unpaired) electrons. The van der Waals surface area contributed by atoms with Gasteiger partial charge < -0.3 is 19.6 Å². The van der Waals surface area contributed by atoms with Gasteiger partial charge in [0, 0.05) is 13.6 Å². The molecule has 1 aliphatic rings. The molecule has 104 valence electrons. The fourth-order valence-corrected chi connectivity index (χ4v) is 2.12. The highest BCUT2D eigenvalue weighted by Crippen LogP contribution is 2.15. The summed E-state index contributed by atoms with van der Waals surface area (Å²) in [6.07, 6.45) is 0.384. The van der Waals surface area contributed by atoms with Crippen LogP contribution in [0.25, 0.3) is 0 Å². The number of carboxylic acids is 1. The van der Waals surface area contributed by atoms with Crippen molar-refractivity contribution in [3.05, 3.63) is 0 Å². The van der Waals surface area contributed by atoms with Crippen LogP contribution < -0.4 is 0 Å². The Morgan fingerprint density at radius 2 is 2.11 bits per heavy atom. The summed E-state index contributed by atoms with van der Waals surface area (Å²) in [6.45, 7) is 6.55. The molecule has 3 unspecified atom stereocenters. The number of carboxylic acid groups (broad SMARTS) is 1. The Labute approximate surface area is 107 Å². The Morgan fingerprint density at radius 3 is 2.61 bits per heavy atom. The molecule has 6 nitrogen and oxygen atoms in total. The number of ether oxygens (including phenoxy) is 1. The SMILES string of the molecule is CCC(C(=O)O)N(C)C(=O)N1CC(C)OCC1C. The quantitative estimate of drug-likeness (QED) is 0.820. The first-order valence-corrected chi connectivity index (χ1v) is 6.26. The summed E-state index contributed by atoms with van der Waals surface area (Å²) in [5.41, 5.74) is 0. The number of nitrogens with zero attached hydrogens (tertiary/aromatic N) is 2. The number of aliphatic carboxylic acids is 1. The Kier molecular flexibility index (Phi) is 4.95. The molecule has 1 saturated heterocycles. The molecular weight excluding hydrogens is 236 g/mol. The third-order valence-corrected chi connectivity index (χ3v) is 3.29. The Bertz CT molecular complexity index is 321. The number of likely N-dealkylation sites (N-methyl/N-ethyl adjacent to an activating group) is 1. The van der Waals surface area contributed by atoms with Gasteiger partial charge >= 0.3 is 12.0 Å². The maximum absolute atomic E-state index is 12.3. The van der Waals surface area contributed by atoms with E-state index in [0.29, 0.717) is 19.6 Å². The fraction of sp³-hybridized carbons (Fsp3) is 0.833. The van der Waals surface area contributed by atoms with Crippen LogP contribution in [-0.2, 0) is 9.53 Å². The van der Waals surface area contributed by atoms with Crippen LogP contribution in [0.5, 0.6) is 0 Å². The zero-order valence-corrected chi connectivity index (χ0v) is 11.4. The third-order valence-electron chi connectivity index (χ3n) is 3.29. The zero-order valence-electron chi connectivity index (χ0n) is 11.4. The van der Waals surface area contributed by atoms with Crippen LogP contribution in [0, 0.1) is 0 Å². The Hall–Kier alpha value is -1.30. The maximum Gasteiger partial charge on any atom is 0.326 e. The number of rotatable bonds is 3. The minimum Gasteiger partial charge on any atom is -0.480 e. The molecule has 6 heteroatoms. The monoisotopic (exact) mass is 258 g/mol. The molecular formula is C12H22N2O4. The van der Waals surface area contributed by atoms with Crippen molar-refractivity contribution in [2.45, 2.75) is 45.4 Å². The number of hydrogen-bond donors (Lipinski definition) is 1. The normalized spacial score (nSPS) is 25.7. The van der Waals surface area contributed by atoms with Crippen LogP contribution in [0.4, 0.5) is 4.79 Å². The van der Waals surface area contributed by atoms with Crippen molar-refractivity contribution in [2.75, 3.05) is 20.2 Å². The van der Waals surface area contributed by atoms with Crippen LogP contribution in [0.1, 0.15) is 27.2 Å². The lowest BCUT2D eigenvalue weighted by Gasteiger charge is -2.39. The average Bonchev–Trinajstić information content (AvgIpc) is 2.31. The molecule has 0 spiro atoms. The summed E-state index contributed by atoms with van der Waals surface area (Å²) < 4.78 is 5.46. The summed E-state index contributed by atoms with van der Waals surface area (Å²) in [6, 6.07) is -1.04. The van der Waals surface area contributed by atoms with Gasteiger partial charge in [-0.3, -0.25) is 0 Å². The van der Waals surface area contributed by atoms with Gasteiger partial charge in [0.2, 0.25) is 0 Å². The topological polar surface area (TPSA) is 70.1 Å². The molecule has 1 N–H and O–H groups in total. The number of carbonyl (C=O) groups is 2. The van der Waals surface area contributed by atoms with E-state index < -0.39 is 12.0 Å². The van der Waals surface area contributed by atoms with Crippen LogP contribution in [0.15, 0.2) is 0 Å². The van der Waals surface area contributed by atoms with Crippen LogP contribution in [-0.4, -0.2) is 65.3 Å². The molecule has 1 fully saturated rings. The first kappa shape index (κ1) is 14.8. The number of morpholine rings is 1. The lowest BCUT2D eigenvalue weighted by atomic mass is 10.2. The van der Waals surface area contributed by atoms with Crippen LogP contribution in [0.2, 0.25) is 0 Å². The standard InChI is InChI=1S/C12H22N2O4/c1-5-10(11(15)16)13(4)12(17)14-6-9(3)18-7-8(14)2/h8-10H,5-7H2,1-4H3,(H,15,16). The van der Waals surface area contributed by atoms with Crippen molar-refractivity contribution < 1.29 is 19.4 Å². The van der Waals surface area contributed by atoms with E-state index in [9.17, 15) is 9.59 Å². The molecule has 0 aromatic rings. The second-order valence-corrected chi connectivity index (χ2v) is 4.80. The van der Waals surface area contributed by atoms with E-state index in [-0.39, 0.29) is 18.2 Å². The van der Waals surface area contributed by atoms with E-state index >= 15 is 0 Å². The Morgan fingerprint density at radius 1 is 1.50 bits per heavy atom. The molecule has 0 aromatic heterocycles. The summed E-state index contributed by atoms with van der Waals surface area (Å²) >= 11 is 0. The molecule has 1 rings (SSSR count). The Balaban J connectivity index is 2.75. The fourth-order valence-electron chi connectivity index (χ4n) is 2.12. The number of hydrogen-bond acceptors (Lipinski definition) is 3. The second-order valence-electron chi connectivity index (χ2n) is 4.80. The van der Waals surface area contributed by atoms with E-state index in [1.165, 1.54) is 11.9 Å². The molecule has 2 amide bonds. The van der Waals surface area contributed by atoms with Gasteiger partial charge in [0.1, 0.15) is 6.04 Å². The van der Waals surface area contributed by atoms with Gasteiger partial charge in [-0.05, 0) is 20.3 Å². The van der Waals surface area contributed by atoms with Crippen molar-refractivity contribution >= 4 is 12.0 Å². The predicted octanol–water partition coefficient (Wildman–Crippen LogP) is 1.01. The maximum atomic E-state index is 12.3. The van der Waals surface area contributed by atoms with Gasteiger partial charge in [-0.1, -0.05) is 6.92 Å². The smallest absolute Gasteiger partial charge is 0.326 e. The molecule has 0 aliphatic carbocycles. The lowest BCUT2D eigenvalue weighted by molar-refractivity contribution is -0.142. The minimum absolute atomic E-state index is 0.0107. The van der Waals surface area contributed by atoms with Crippen molar-refractivity contribution in [2.24, 2.45) is 0 Å². The highest BCUT2D eigenvalue weighted by atomic mass is 16.5. The van der Waals surface area contributed by atoms with E-state index in [0.717, 1.165) is 0 Å². The summed E-state index contributed by atoms with van der Waals surface area (Å²) in [5, 5.41) is 9.07. The molecule has 1 aliphatic heterocycles. The molecule has 3 atom stereocenters. The molecule has 0 saturated carbocycles. The van der Waals surface area contributed by atoms with Crippen molar-refractivity contribution in [1.29, 1.82) is 0 Å². The molecule has 0 bridgehead atoms. The summed E-state index contributed by atoms with van der Waals surface area (Å²) in [7, 11) is 1.54. The van der Waals surface area contributed by atoms with Crippen molar-refractivity contribution in [3.63, 3.8) is 0 Å². The van der Waals surface area contributed by atoms with Gasteiger partial charge in [0.05, 0.1) is 18.8 Å². The van der Waals surface area contributed by atoms with Gasteiger partial charge in [-0.25, -0.2) is 9.59 Å². The van der Waals surface area contributed by atoms with Gasteiger partial charge in [0.25, 0.3) is 0 Å². The minimum atomic E-state index is -0.970. The van der Waals surface area contributed by atoms with E-state index in [1.54, 1.807) is 11.8 Å². The van der Waals surface area contributed by atoms with Gasteiger partial charge in [-0.2, -0.15) is 0 Å². The van der Waals surface area contributed by atoms with E-state index in [2.05, 4.69) is 0 Å². The first-order valence-electron chi connectivity index (χ1n) is 6.26. The highest BCUT2D eigenvalue weighted by Gasteiger charge is 2.33. The summed E-state index contributed by atoms with van der Waals surface area (Å²) in [5.74, 6) is -0.970. The van der Waals surface area contributed by atoms with Gasteiger partial charge in [-0.15, -0.1) is 0 Å². The van der Waals surface area contributed by atoms with Crippen LogP contribution in [0.3, 0.4) is 0 Å². The second kappa shape index (κ2) is 6.04. The summed E-state index contributed by atoms with van der Waals surface area (Å²) in [4.78, 5) is 26.3. The lowest BCUT2D eigenvalue weighted by Crippen LogP contribution is -2.56. The number of amides is 2. The predicted molar refractivity (Wildman–Crippen MR) is 66.5 cm³/mol. The molecule has 1 heterocycles. The first-order chi connectivity index (χ1) is 8.38. The van der Waals surface area contributed by atoms with E-state index in [1.807, 2.05) is 13.8 Å². The van der Waals surface area contributed by atoms with Gasteiger partial charge in [0.15, 0.2) is 0 Å². The zero-order chi connectivity index (χ0) is 13.9. The molecule has 0 aromatic carbocycles. The number of carbonyl (C=O) groups excluding carboxylic acids is 1. The molecule has 18 heavy (non-hydrogen) atoms. The average molecular weight is 258 g/mol. The third kappa shape index (κ3) is 3.13. The van der Waals surface area contributed by atoms with Crippen molar-refractivity contribution in [3.8, 4) is 0 Å². The van der Waals surface area contributed by atoms with Crippen molar-refractivity contribution in [1.82, 2.24) is 9.80 Å². The highest BCUT2D eigenvalue weighted by molar-refractivity contribution is 5.82. The number of urea groups is 1.